The lowest BCUT2D eigenvalue weighted by Gasteiger charge is -2.21. The minimum Gasteiger partial charge on any atom is -0.207 e. The van der Waals surface area contributed by atoms with E-state index in [1.807, 2.05) is 36.4 Å². The minimum absolute atomic E-state index is 0.248. The summed E-state index contributed by atoms with van der Waals surface area (Å²) < 4.78 is 26.5. The zero-order valence-electron chi connectivity index (χ0n) is 12.1. The van der Waals surface area contributed by atoms with E-state index in [0.29, 0.717) is 0 Å². The van der Waals surface area contributed by atoms with Crippen molar-refractivity contribution < 1.29 is 8.78 Å². The van der Waals surface area contributed by atoms with Crippen LogP contribution in [0.2, 0.25) is 0 Å². The van der Waals surface area contributed by atoms with Gasteiger partial charge in [0.05, 0.1) is 0 Å². The van der Waals surface area contributed by atoms with Crippen LogP contribution in [0.4, 0.5) is 8.78 Å². The molecule has 0 aliphatic heterocycles. The van der Waals surface area contributed by atoms with E-state index in [2.05, 4.69) is 19.1 Å². The summed E-state index contributed by atoms with van der Waals surface area (Å²) >= 11 is 0. The molecule has 110 valence electrons. The highest BCUT2D eigenvalue weighted by molar-refractivity contribution is 7.79. The summed E-state index contributed by atoms with van der Waals surface area (Å²) in [5, 5.41) is 3.31. The molecule has 0 fully saturated rings. The summed E-state index contributed by atoms with van der Waals surface area (Å²) in [6.45, 7) is 2.07. The summed E-state index contributed by atoms with van der Waals surface area (Å²) in [4.78, 5) is 0. The number of rotatable bonds is 3. The smallest absolute Gasteiger partial charge is 0.123 e. The van der Waals surface area contributed by atoms with E-state index < -0.39 is 7.92 Å². The summed E-state index contributed by atoms with van der Waals surface area (Å²) in [6.07, 6.45) is 0. The molecule has 0 saturated heterocycles. The fraction of sp³-hybridized carbons (Fsp3) is 0.0526. The maximum atomic E-state index is 13.2. The van der Waals surface area contributed by atoms with E-state index in [0.717, 1.165) is 10.6 Å². The Kier molecular flexibility index (Phi) is 4.31. The summed E-state index contributed by atoms with van der Waals surface area (Å²) in [5.74, 6) is -0.495. The normalized spacial score (nSPS) is 10.9. The van der Waals surface area contributed by atoms with Crippen LogP contribution >= 0.6 is 7.92 Å². The van der Waals surface area contributed by atoms with E-state index in [-0.39, 0.29) is 11.6 Å². The lowest BCUT2D eigenvalue weighted by atomic mass is 10.2. The minimum atomic E-state index is -0.825. The molecule has 0 aliphatic rings. The van der Waals surface area contributed by atoms with Crippen molar-refractivity contribution in [3.8, 4) is 0 Å². The van der Waals surface area contributed by atoms with Crippen molar-refractivity contribution in [2.75, 3.05) is 0 Å². The van der Waals surface area contributed by atoms with E-state index in [9.17, 15) is 8.78 Å². The third-order valence-corrected chi connectivity index (χ3v) is 6.14. The van der Waals surface area contributed by atoms with Gasteiger partial charge in [0.15, 0.2) is 0 Å². The van der Waals surface area contributed by atoms with Crippen molar-refractivity contribution in [2.45, 2.75) is 6.92 Å². The van der Waals surface area contributed by atoms with E-state index in [1.54, 1.807) is 0 Å². The molecule has 0 bridgehead atoms. The van der Waals surface area contributed by atoms with Crippen LogP contribution in [0.3, 0.4) is 0 Å². The Morgan fingerprint density at radius 1 is 0.636 bits per heavy atom. The molecule has 0 atom stereocenters. The Morgan fingerprint density at radius 2 is 1.09 bits per heavy atom. The molecular formula is C19H15F2P. The first-order valence-electron chi connectivity index (χ1n) is 7.02. The molecule has 3 rings (SSSR count). The Hall–Kier alpha value is -2.05. The second kappa shape index (κ2) is 6.37. The summed E-state index contributed by atoms with van der Waals surface area (Å²) in [6, 6.07) is 21.3. The molecule has 0 aliphatic carbocycles. The second-order valence-electron chi connectivity index (χ2n) is 5.07. The van der Waals surface area contributed by atoms with E-state index in [1.165, 1.54) is 35.1 Å². The van der Waals surface area contributed by atoms with Crippen molar-refractivity contribution in [2.24, 2.45) is 0 Å². The van der Waals surface area contributed by atoms with Gasteiger partial charge in [0.25, 0.3) is 0 Å². The maximum Gasteiger partial charge on any atom is 0.123 e. The van der Waals surface area contributed by atoms with E-state index >= 15 is 0 Å². The first-order chi connectivity index (χ1) is 10.6. The number of hydrogen-bond acceptors (Lipinski definition) is 0. The monoisotopic (exact) mass is 312 g/mol. The van der Waals surface area contributed by atoms with Crippen molar-refractivity contribution in [3.63, 3.8) is 0 Å². The zero-order chi connectivity index (χ0) is 15.5. The van der Waals surface area contributed by atoms with Crippen LogP contribution in [0.15, 0.2) is 72.8 Å². The molecule has 3 aromatic rings. The van der Waals surface area contributed by atoms with Crippen molar-refractivity contribution in [1.82, 2.24) is 0 Å². The van der Waals surface area contributed by atoms with Crippen LogP contribution in [0.1, 0.15) is 5.56 Å². The Bertz CT molecular complexity index is 719. The van der Waals surface area contributed by atoms with Crippen LogP contribution in [-0.4, -0.2) is 0 Å². The Morgan fingerprint density at radius 3 is 1.55 bits per heavy atom. The van der Waals surface area contributed by atoms with Gasteiger partial charge in [-0.3, -0.25) is 0 Å². The molecule has 0 amide bonds. The molecule has 3 aromatic carbocycles. The number of aryl methyl sites for hydroxylation is 1. The highest BCUT2D eigenvalue weighted by atomic mass is 31.1. The van der Waals surface area contributed by atoms with Gasteiger partial charge in [0, 0.05) is 0 Å². The molecule has 0 radical (unpaired) electrons. The van der Waals surface area contributed by atoms with Crippen LogP contribution in [0.25, 0.3) is 0 Å². The van der Waals surface area contributed by atoms with Crippen LogP contribution in [0.5, 0.6) is 0 Å². The first-order valence-corrected chi connectivity index (χ1v) is 8.36. The molecule has 0 heterocycles. The molecule has 0 aromatic heterocycles. The van der Waals surface area contributed by atoms with Gasteiger partial charge in [-0.15, -0.1) is 0 Å². The standard InChI is InChI=1S/C19H15F2P/c1-14-4-2-3-5-19(14)22(17-10-6-15(20)7-11-17)18-12-8-16(21)9-13-18/h2-13H,1H3. The number of hydrogen-bond donors (Lipinski definition) is 0. The van der Waals surface area contributed by atoms with Gasteiger partial charge in [-0.25, -0.2) is 8.78 Å². The predicted molar refractivity (Wildman–Crippen MR) is 89.8 cm³/mol. The topological polar surface area (TPSA) is 0 Å². The Labute approximate surface area is 130 Å². The lowest BCUT2D eigenvalue weighted by Crippen LogP contribution is -2.22. The highest BCUT2D eigenvalue weighted by Crippen LogP contribution is 2.34. The van der Waals surface area contributed by atoms with Crippen molar-refractivity contribution in [3.05, 3.63) is 90.0 Å². The third kappa shape index (κ3) is 3.08. The largest absolute Gasteiger partial charge is 0.207 e. The molecule has 22 heavy (non-hydrogen) atoms. The predicted octanol–water partition coefficient (Wildman–Crippen LogP) is 4.03. The fourth-order valence-electron chi connectivity index (χ4n) is 2.42. The van der Waals surface area contributed by atoms with Crippen LogP contribution in [-0.2, 0) is 0 Å². The zero-order valence-corrected chi connectivity index (χ0v) is 13.0. The number of benzene rings is 3. The maximum absolute atomic E-state index is 13.2. The van der Waals surface area contributed by atoms with Gasteiger partial charge in [0.2, 0.25) is 0 Å². The SMILES string of the molecule is Cc1ccccc1P(c1ccc(F)cc1)c1ccc(F)cc1. The molecule has 0 saturated carbocycles. The van der Waals surface area contributed by atoms with Gasteiger partial charge in [-0.05, 0) is 60.6 Å². The van der Waals surface area contributed by atoms with Crippen molar-refractivity contribution in [1.29, 1.82) is 0 Å². The molecule has 0 unspecified atom stereocenters. The summed E-state index contributed by atoms with van der Waals surface area (Å²) in [7, 11) is -0.825. The highest BCUT2D eigenvalue weighted by Gasteiger charge is 2.18. The van der Waals surface area contributed by atoms with Gasteiger partial charge in [0.1, 0.15) is 11.6 Å². The lowest BCUT2D eigenvalue weighted by molar-refractivity contribution is 0.628. The van der Waals surface area contributed by atoms with Gasteiger partial charge in [-0.2, -0.15) is 0 Å². The van der Waals surface area contributed by atoms with Crippen LogP contribution in [0, 0.1) is 18.6 Å². The quantitative estimate of drug-likeness (QED) is 0.641. The van der Waals surface area contributed by atoms with E-state index in [4.69, 9.17) is 0 Å². The fourth-order valence-corrected chi connectivity index (χ4v) is 4.83. The Balaban J connectivity index is 2.16. The second-order valence-corrected chi connectivity index (χ2v) is 7.26. The third-order valence-electron chi connectivity index (χ3n) is 3.53. The molecule has 3 heteroatoms. The molecule has 0 nitrogen and oxygen atoms in total. The van der Waals surface area contributed by atoms with Crippen molar-refractivity contribution >= 4 is 23.8 Å². The first kappa shape index (κ1) is 14.9. The number of halogens is 2. The van der Waals surface area contributed by atoms with Gasteiger partial charge in [-0.1, -0.05) is 48.5 Å². The van der Waals surface area contributed by atoms with Crippen LogP contribution < -0.4 is 15.9 Å². The van der Waals surface area contributed by atoms with Gasteiger partial charge < -0.3 is 0 Å². The molecule has 0 N–H and O–H groups in total. The average molecular weight is 312 g/mol. The molecular weight excluding hydrogens is 297 g/mol. The van der Waals surface area contributed by atoms with Gasteiger partial charge >= 0.3 is 0 Å². The molecule has 0 spiro atoms. The average Bonchev–Trinajstić information content (AvgIpc) is 2.53. The summed E-state index contributed by atoms with van der Waals surface area (Å²) in [5.41, 5.74) is 1.18.